The molecule has 0 aromatic heterocycles. The lowest BCUT2D eigenvalue weighted by atomic mass is 10.4. The van der Waals surface area contributed by atoms with Crippen LogP contribution >= 0.6 is 0 Å². The Bertz CT molecular complexity index is 181. The molecule has 16 heavy (non-hydrogen) atoms. The van der Waals surface area contributed by atoms with Gasteiger partial charge in [-0.05, 0) is 0 Å². The highest BCUT2D eigenvalue weighted by Gasteiger charge is 2.05. The maximum atomic E-state index is 8.95. The molecule has 0 N–H and O–H groups in total. The third-order valence-electron chi connectivity index (χ3n) is 1.26. The number of carbonyl (C=O) groups is 1. The molecule has 0 saturated heterocycles. The van der Waals surface area contributed by atoms with Crippen LogP contribution < -0.4 is 0 Å². The molecule has 0 spiro atoms. The summed E-state index contributed by atoms with van der Waals surface area (Å²) in [5.41, 5.74) is 0. The van der Waals surface area contributed by atoms with E-state index >= 15 is 0 Å². The number of quaternary nitrogens is 1. The molecular formula is C11H24NO4+. The molecule has 0 bridgehead atoms. The fourth-order valence-corrected chi connectivity index (χ4v) is 0.674. The maximum Gasteiger partial charge on any atom is 0.292 e. The Hall–Kier alpha value is -1.25. The minimum absolute atomic E-state index is 0. The van der Waals surface area contributed by atoms with Crippen molar-refractivity contribution < 1.29 is 23.8 Å². The Labute approximate surface area is 98.8 Å². The number of carbonyl (C=O) groups excluding carboxylic acids is 1. The van der Waals surface area contributed by atoms with Crippen LogP contribution in [0.25, 0.3) is 0 Å². The highest BCUT2D eigenvalue weighted by atomic mass is 17.2. The van der Waals surface area contributed by atoms with Crippen molar-refractivity contribution in [3.63, 3.8) is 0 Å². The van der Waals surface area contributed by atoms with Crippen LogP contribution in [0.1, 0.15) is 13.8 Å². The van der Waals surface area contributed by atoms with Gasteiger partial charge in [0.25, 0.3) is 6.47 Å². The molecule has 5 nitrogen and oxygen atoms in total. The first kappa shape index (κ1) is 20.2. The quantitative estimate of drug-likeness (QED) is 0.172. The van der Waals surface area contributed by atoms with Gasteiger partial charge in [-0.3, -0.25) is 9.68 Å². The number of nitrogens with zero attached hydrogens (tertiary/aromatic N) is 1. The number of rotatable bonds is 6. The van der Waals surface area contributed by atoms with Gasteiger partial charge in [0.05, 0.1) is 34.8 Å². The highest BCUT2D eigenvalue weighted by molar-refractivity contribution is 5.36. The van der Waals surface area contributed by atoms with Gasteiger partial charge < -0.3 is 9.22 Å². The van der Waals surface area contributed by atoms with E-state index in [1.54, 1.807) is 0 Å². The lowest BCUT2D eigenvalue weighted by Crippen LogP contribution is -2.35. The molecule has 0 amide bonds. The average Bonchev–Trinajstić information content (AvgIpc) is 2.16. The van der Waals surface area contributed by atoms with Crippen LogP contribution in [0.5, 0.6) is 0 Å². The van der Waals surface area contributed by atoms with Crippen molar-refractivity contribution in [3.8, 4) is 12.5 Å². The van der Waals surface area contributed by atoms with E-state index in [1.165, 1.54) is 7.11 Å². The predicted molar refractivity (Wildman–Crippen MR) is 63.2 cm³/mol. The van der Waals surface area contributed by atoms with Crippen LogP contribution in [-0.4, -0.2) is 52.4 Å². The minimum atomic E-state index is 0. The van der Waals surface area contributed by atoms with Crippen molar-refractivity contribution in [2.45, 2.75) is 13.8 Å². The van der Waals surface area contributed by atoms with Crippen molar-refractivity contribution in [1.82, 2.24) is 0 Å². The van der Waals surface area contributed by atoms with E-state index in [0.717, 1.165) is 17.4 Å². The van der Waals surface area contributed by atoms with Crippen molar-refractivity contribution in [3.05, 3.63) is 0 Å². The molecule has 96 valence electrons. The minimum Gasteiger partial charge on any atom is -0.471 e. The van der Waals surface area contributed by atoms with E-state index in [1.807, 2.05) is 6.11 Å². The van der Waals surface area contributed by atoms with Crippen molar-refractivity contribution in [2.75, 3.05) is 41.4 Å². The summed E-state index contributed by atoms with van der Waals surface area (Å²) in [6.07, 6.45) is 7.68. The molecule has 0 unspecified atom stereocenters. The number of ether oxygens (including phenoxy) is 1. The van der Waals surface area contributed by atoms with Gasteiger partial charge in [-0.1, -0.05) is 13.9 Å². The average molecular weight is 234 g/mol. The predicted octanol–water partition coefficient (Wildman–Crippen LogP) is 1.05. The highest BCUT2D eigenvalue weighted by Crippen LogP contribution is 1.93. The topological polar surface area (TPSA) is 44.8 Å². The lowest BCUT2D eigenvalue weighted by Gasteiger charge is -2.23. The summed E-state index contributed by atoms with van der Waals surface area (Å²) >= 11 is 0. The first-order valence-corrected chi connectivity index (χ1v) is 4.49. The Balaban J connectivity index is -0.000000292. The van der Waals surface area contributed by atoms with Crippen LogP contribution in [0.2, 0.25) is 0 Å². The maximum absolute atomic E-state index is 8.95. The summed E-state index contributed by atoms with van der Waals surface area (Å²) < 4.78 is 4.79. The summed E-state index contributed by atoms with van der Waals surface area (Å²) in [6.45, 7) is 1.98. The van der Waals surface area contributed by atoms with Crippen molar-refractivity contribution in [2.24, 2.45) is 0 Å². The third kappa shape index (κ3) is 29.3. The molecule has 0 aromatic rings. The van der Waals surface area contributed by atoms with Gasteiger partial charge in [0, 0.05) is 6.42 Å². The lowest BCUT2D eigenvalue weighted by molar-refractivity contribution is -0.870. The van der Waals surface area contributed by atoms with Crippen LogP contribution in [0, 0.1) is 12.5 Å². The van der Waals surface area contributed by atoms with Crippen LogP contribution in [0.4, 0.5) is 0 Å². The van der Waals surface area contributed by atoms with Gasteiger partial charge in [0.15, 0.2) is 6.11 Å². The Kier molecular flexibility index (Phi) is 17.4. The van der Waals surface area contributed by atoms with Gasteiger partial charge in [-0.15, -0.1) is 0 Å². The molecule has 0 aromatic carbocycles. The Morgan fingerprint density at radius 1 is 1.38 bits per heavy atom. The monoisotopic (exact) mass is 234 g/mol. The summed E-state index contributed by atoms with van der Waals surface area (Å²) in [7, 11) is 7.69. The molecule has 0 aliphatic rings. The standard InChI is InChI=1S/C8H16NO2.C2H4O2.CH4/c1-5-10-11-8-6-7-9(2,3)4;1-4-2-3;/h1H,6-8H2,2-4H3;2H,1H3;1H4/q+1;;. The van der Waals surface area contributed by atoms with Gasteiger partial charge >= 0.3 is 0 Å². The first-order valence-electron chi connectivity index (χ1n) is 4.49. The van der Waals surface area contributed by atoms with E-state index in [4.69, 9.17) is 11.2 Å². The zero-order valence-corrected chi connectivity index (χ0v) is 9.86. The summed E-state index contributed by atoms with van der Waals surface area (Å²) in [4.78, 5) is 17.9. The molecule has 0 aliphatic heterocycles. The Morgan fingerprint density at radius 2 is 1.88 bits per heavy atom. The van der Waals surface area contributed by atoms with Gasteiger partial charge in [-0.2, -0.15) is 4.89 Å². The molecule has 0 aliphatic carbocycles. The van der Waals surface area contributed by atoms with Crippen LogP contribution in [0.3, 0.4) is 0 Å². The summed E-state index contributed by atoms with van der Waals surface area (Å²) in [6, 6.07) is 0. The molecule has 0 atom stereocenters. The van der Waals surface area contributed by atoms with Crippen molar-refractivity contribution in [1.29, 1.82) is 0 Å². The van der Waals surface area contributed by atoms with E-state index in [9.17, 15) is 0 Å². The fourth-order valence-electron chi connectivity index (χ4n) is 0.674. The largest absolute Gasteiger partial charge is 0.471 e. The number of hydrogen-bond acceptors (Lipinski definition) is 4. The molecule has 0 saturated carbocycles. The first-order chi connectivity index (χ1) is 6.97. The van der Waals surface area contributed by atoms with Crippen molar-refractivity contribution >= 4 is 6.47 Å². The van der Waals surface area contributed by atoms with Crippen LogP contribution in [0.15, 0.2) is 0 Å². The molecule has 0 fully saturated rings. The number of terminal acetylenes is 1. The third-order valence-corrected chi connectivity index (χ3v) is 1.26. The van der Waals surface area contributed by atoms with E-state index in [2.05, 4.69) is 35.7 Å². The number of methoxy groups -OCH3 is 1. The van der Waals surface area contributed by atoms with E-state index in [-0.39, 0.29) is 7.43 Å². The fraction of sp³-hybridized carbons (Fsp3) is 0.727. The number of hydrogen-bond donors (Lipinski definition) is 0. The normalized spacial score (nSPS) is 8.69. The Morgan fingerprint density at radius 3 is 2.19 bits per heavy atom. The van der Waals surface area contributed by atoms with Crippen LogP contribution in [-0.2, 0) is 19.3 Å². The SMILES string of the molecule is C.C#COOCCC[N+](C)(C)C.COC=O. The smallest absolute Gasteiger partial charge is 0.292 e. The molecule has 5 heteroatoms. The zero-order chi connectivity index (χ0) is 12.2. The summed E-state index contributed by atoms with van der Waals surface area (Å²) in [5, 5.41) is 0. The molecule has 0 radical (unpaired) electrons. The molecular weight excluding hydrogens is 210 g/mol. The second-order valence-corrected chi connectivity index (χ2v) is 3.72. The molecule has 0 heterocycles. The van der Waals surface area contributed by atoms with Gasteiger partial charge in [0.2, 0.25) is 0 Å². The van der Waals surface area contributed by atoms with E-state index < -0.39 is 0 Å². The van der Waals surface area contributed by atoms with Gasteiger partial charge in [0.1, 0.15) is 6.61 Å². The van der Waals surface area contributed by atoms with E-state index in [0.29, 0.717) is 13.1 Å². The second-order valence-electron chi connectivity index (χ2n) is 3.72. The summed E-state index contributed by atoms with van der Waals surface area (Å²) in [5.74, 6) is 0. The zero-order valence-electron chi connectivity index (χ0n) is 9.86. The second kappa shape index (κ2) is 13.8. The molecule has 0 rings (SSSR count). The van der Waals surface area contributed by atoms with Gasteiger partial charge in [-0.25, -0.2) is 0 Å².